The molecule has 1 aromatic heterocycles. The summed E-state index contributed by atoms with van der Waals surface area (Å²) in [5.41, 5.74) is 4.82. The van der Waals surface area contributed by atoms with Gasteiger partial charge in [0.2, 0.25) is 0 Å². The van der Waals surface area contributed by atoms with Gasteiger partial charge in [0.25, 0.3) is 11.8 Å². The third kappa shape index (κ3) is 4.76. The summed E-state index contributed by atoms with van der Waals surface area (Å²) in [6, 6.07) is 18.9. The number of hydrogen-bond donors (Lipinski definition) is 1. The first kappa shape index (κ1) is 23.0. The highest BCUT2D eigenvalue weighted by molar-refractivity contribution is 7.22. The van der Waals surface area contributed by atoms with E-state index >= 15 is 0 Å². The molecule has 1 fully saturated rings. The Labute approximate surface area is 207 Å². The Hall–Kier alpha value is -3.75. The fourth-order valence-corrected chi connectivity index (χ4v) is 5.09. The zero-order chi connectivity index (χ0) is 24.4. The molecular weight excluding hydrogens is 462 g/mol. The molecular formula is C27H25N3O4S. The van der Waals surface area contributed by atoms with Crippen molar-refractivity contribution < 1.29 is 19.1 Å². The number of aromatic nitrogens is 1. The van der Waals surface area contributed by atoms with E-state index in [1.165, 1.54) is 11.3 Å². The molecule has 7 nitrogen and oxygen atoms in total. The maximum atomic E-state index is 13.1. The van der Waals surface area contributed by atoms with Gasteiger partial charge in [-0.15, -0.1) is 0 Å². The van der Waals surface area contributed by atoms with Crippen LogP contribution in [0.2, 0.25) is 0 Å². The summed E-state index contributed by atoms with van der Waals surface area (Å²) in [5, 5.41) is 3.43. The Balaban J connectivity index is 1.36. The van der Waals surface area contributed by atoms with Crippen LogP contribution in [0.25, 0.3) is 21.3 Å². The highest BCUT2D eigenvalue weighted by atomic mass is 32.1. The lowest BCUT2D eigenvalue weighted by Crippen LogP contribution is -2.40. The van der Waals surface area contributed by atoms with Gasteiger partial charge in [-0.2, -0.15) is 0 Å². The molecule has 3 aromatic carbocycles. The summed E-state index contributed by atoms with van der Waals surface area (Å²) in [6.07, 6.45) is 0. The van der Waals surface area contributed by atoms with E-state index < -0.39 is 0 Å². The van der Waals surface area contributed by atoms with Crippen molar-refractivity contribution in [3.05, 3.63) is 77.4 Å². The zero-order valence-electron chi connectivity index (χ0n) is 19.5. The average molecular weight is 488 g/mol. The van der Waals surface area contributed by atoms with Gasteiger partial charge in [0.05, 0.1) is 30.5 Å². The van der Waals surface area contributed by atoms with Gasteiger partial charge in [-0.1, -0.05) is 35.6 Å². The Morgan fingerprint density at radius 3 is 2.57 bits per heavy atom. The van der Waals surface area contributed by atoms with Gasteiger partial charge in [0.15, 0.2) is 5.13 Å². The molecule has 1 aliphatic heterocycles. The minimum absolute atomic E-state index is 0.0137. The standard InChI is InChI=1S/C27H25N3O4S/c1-17-21(18-6-9-20(33-2)10-7-18)4-3-5-22(17)25(31)29-27-28-23-11-8-19(16-24(23)35-27)26(32)30-12-14-34-15-13-30/h3-11,16H,12-15H2,1-2H3,(H,28,29,31). The van der Waals surface area contributed by atoms with Gasteiger partial charge < -0.3 is 14.4 Å². The number of fused-ring (bicyclic) bond motifs is 1. The fourth-order valence-electron chi connectivity index (χ4n) is 4.19. The molecule has 178 valence electrons. The lowest BCUT2D eigenvalue weighted by atomic mass is 9.96. The average Bonchev–Trinajstić information content (AvgIpc) is 3.30. The van der Waals surface area contributed by atoms with Crippen molar-refractivity contribution in [1.29, 1.82) is 0 Å². The Bertz CT molecular complexity index is 1390. The van der Waals surface area contributed by atoms with Gasteiger partial charge in [-0.25, -0.2) is 4.98 Å². The lowest BCUT2D eigenvalue weighted by Gasteiger charge is -2.26. The van der Waals surface area contributed by atoms with Crippen LogP contribution in [-0.2, 0) is 4.74 Å². The van der Waals surface area contributed by atoms with Crippen LogP contribution >= 0.6 is 11.3 Å². The van der Waals surface area contributed by atoms with E-state index in [2.05, 4.69) is 10.3 Å². The summed E-state index contributed by atoms with van der Waals surface area (Å²) >= 11 is 1.36. The van der Waals surface area contributed by atoms with Crippen LogP contribution in [0.1, 0.15) is 26.3 Å². The highest BCUT2D eigenvalue weighted by Gasteiger charge is 2.20. The molecule has 2 heterocycles. The smallest absolute Gasteiger partial charge is 0.257 e. The summed E-state index contributed by atoms with van der Waals surface area (Å²) in [6.45, 7) is 4.25. The molecule has 0 radical (unpaired) electrons. The maximum Gasteiger partial charge on any atom is 0.257 e. The van der Waals surface area contributed by atoms with Crippen molar-refractivity contribution in [2.24, 2.45) is 0 Å². The number of ether oxygens (including phenoxy) is 2. The molecule has 0 bridgehead atoms. The Kier molecular flexibility index (Phi) is 6.48. The van der Waals surface area contributed by atoms with E-state index in [0.29, 0.717) is 42.6 Å². The van der Waals surface area contributed by atoms with Gasteiger partial charge in [-0.3, -0.25) is 14.9 Å². The summed E-state index contributed by atoms with van der Waals surface area (Å²) in [7, 11) is 1.63. The second-order valence-electron chi connectivity index (χ2n) is 8.27. The number of carbonyl (C=O) groups excluding carboxylic acids is 2. The second kappa shape index (κ2) is 9.85. The van der Waals surface area contributed by atoms with E-state index in [-0.39, 0.29) is 11.8 Å². The molecule has 5 rings (SSSR count). The normalized spacial score (nSPS) is 13.6. The number of morpholine rings is 1. The van der Waals surface area contributed by atoms with Crippen molar-refractivity contribution >= 4 is 38.5 Å². The van der Waals surface area contributed by atoms with Crippen LogP contribution in [0.4, 0.5) is 5.13 Å². The number of benzene rings is 3. The molecule has 0 aliphatic carbocycles. The zero-order valence-corrected chi connectivity index (χ0v) is 20.4. The number of thiazole rings is 1. The van der Waals surface area contributed by atoms with Gasteiger partial charge in [-0.05, 0) is 60.0 Å². The lowest BCUT2D eigenvalue weighted by molar-refractivity contribution is 0.0303. The van der Waals surface area contributed by atoms with E-state index in [4.69, 9.17) is 9.47 Å². The van der Waals surface area contributed by atoms with Crippen LogP contribution in [0.5, 0.6) is 5.75 Å². The molecule has 0 saturated carbocycles. The first-order chi connectivity index (χ1) is 17.0. The molecule has 0 atom stereocenters. The number of carbonyl (C=O) groups is 2. The third-order valence-corrected chi connectivity index (χ3v) is 7.07. The summed E-state index contributed by atoms with van der Waals surface area (Å²) in [5.74, 6) is 0.549. The SMILES string of the molecule is COc1ccc(-c2cccc(C(=O)Nc3nc4ccc(C(=O)N5CCOCC5)cc4s3)c2C)cc1. The second-order valence-corrected chi connectivity index (χ2v) is 9.30. The van der Waals surface area contributed by atoms with Crippen LogP contribution < -0.4 is 10.1 Å². The molecule has 1 saturated heterocycles. The first-order valence-electron chi connectivity index (χ1n) is 11.4. The molecule has 4 aromatic rings. The van der Waals surface area contributed by atoms with Gasteiger partial charge in [0, 0.05) is 24.2 Å². The predicted octanol–water partition coefficient (Wildman–Crippen LogP) is 5.01. The molecule has 0 spiro atoms. The largest absolute Gasteiger partial charge is 0.497 e. The van der Waals surface area contributed by atoms with Crippen LogP contribution in [0.3, 0.4) is 0 Å². The van der Waals surface area contributed by atoms with Crippen LogP contribution in [0, 0.1) is 6.92 Å². The van der Waals surface area contributed by atoms with E-state index in [1.807, 2.05) is 61.5 Å². The van der Waals surface area contributed by atoms with E-state index in [0.717, 1.165) is 32.7 Å². The van der Waals surface area contributed by atoms with E-state index in [9.17, 15) is 9.59 Å². The highest BCUT2D eigenvalue weighted by Crippen LogP contribution is 2.30. The monoisotopic (exact) mass is 487 g/mol. The van der Waals surface area contributed by atoms with Gasteiger partial charge >= 0.3 is 0 Å². The number of rotatable bonds is 5. The molecule has 1 N–H and O–H groups in total. The molecule has 2 amide bonds. The van der Waals surface area contributed by atoms with Gasteiger partial charge in [0.1, 0.15) is 5.75 Å². The molecule has 8 heteroatoms. The van der Waals surface area contributed by atoms with Crippen molar-refractivity contribution in [1.82, 2.24) is 9.88 Å². The topological polar surface area (TPSA) is 80.8 Å². The number of methoxy groups -OCH3 is 1. The summed E-state index contributed by atoms with van der Waals surface area (Å²) < 4.78 is 11.4. The minimum Gasteiger partial charge on any atom is -0.497 e. The van der Waals surface area contributed by atoms with Crippen molar-refractivity contribution in [3.8, 4) is 16.9 Å². The quantitative estimate of drug-likeness (QED) is 0.428. The number of nitrogens with zero attached hydrogens (tertiary/aromatic N) is 2. The first-order valence-corrected chi connectivity index (χ1v) is 12.2. The van der Waals surface area contributed by atoms with Crippen molar-refractivity contribution in [2.75, 3.05) is 38.7 Å². The van der Waals surface area contributed by atoms with Crippen molar-refractivity contribution in [2.45, 2.75) is 6.92 Å². The molecule has 1 aliphatic rings. The van der Waals surface area contributed by atoms with Crippen LogP contribution in [-0.4, -0.2) is 55.1 Å². The van der Waals surface area contributed by atoms with E-state index in [1.54, 1.807) is 18.1 Å². The summed E-state index contributed by atoms with van der Waals surface area (Å²) in [4.78, 5) is 32.3. The fraction of sp³-hybridized carbons (Fsp3) is 0.222. The number of anilines is 1. The number of nitrogens with one attached hydrogen (secondary N) is 1. The Morgan fingerprint density at radius 2 is 1.83 bits per heavy atom. The molecule has 0 unspecified atom stereocenters. The minimum atomic E-state index is -0.221. The maximum absolute atomic E-state index is 13.1. The third-order valence-electron chi connectivity index (χ3n) is 6.13. The number of hydrogen-bond acceptors (Lipinski definition) is 6. The number of amides is 2. The van der Waals surface area contributed by atoms with Crippen LogP contribution in [0.15, 0.2) is 60.7 Å². The Morgan fingerprint density at radius 1 is 1.06 bits per heavy atom. The molecule has 35 heavy (non-hydrogen) atoms. The predicted molar refractivity (Wildman–Crippen MR) is 137 cm³/mol. The van der Waals surface area contributed by atoms with Crippen molar-refractivity contribution in [3.63, 3.8) is 0 Å².